The summed E-state index contributed by atoms with van der Waals surface area (Å²) in [7, 11) is 0. The van der Waals surface area contributed by atoms with E-state index in [1.807, 2.05) is 25.7 Å². The van der Waals surface area contributed by atoms with Gasteiger partial charge in [-0.2, -0.15) is 0 Å². The molecular weight excluding hydrogens is 358 g/mol. The number of para-hydroxylation sites is 1. The zero-order valence-corrected chi connectivity index (χ0v) is 16.6. The molecule has 0 atom stereocenters. The first-order valence-corrected chi connectivity index (χ1v) is 9.61. The third-order valence-corrected chi connectivity index (χ3v) is 4.79. The van der Waals surface area contributed by atoms with E-state index in [0.29, 0.717) is 30.6 Å². The number of amides is 3. The summed E-state index contributed by atoms with van der Waals surface area (Å²) in [6.07, 6.45) is 1.64. The summed E-state index contributed by atoms with van der Waals surface area (Å²) < 4.78 is 5.57. The molecule has 28 heavy (non-hydrogen) atoms. The zero-order chi connectivity index (χ0) is 20.3. The molecule has 2 aromatic rings. The molecule has 0 spiro atoms. The smallest absolute Gasteiger partial charge is 0.317 e. The van der Waals surface area contributed by atoms with E-state index < -0.39 is 5.91 Å². The van der Waals surface area contributed by atoms with E-state index in [2.05, 4.69) is 10.6 Å². The van der Waals surface area contributed by atoms with Crippen LogP contribution in [-0.2, 0) is 0 Å². The van der Waals surface area contributed by atoms with Gasteiger partial charge in [-0.1, -0.05) is 12.1 Å². The number of nitrogens with one attached hydrogen (secondary N) is 2. The van der Waals surface area contributed by atoms with Crippen molar-refractivity contribution < 1.29 is 14.0 Å². The number of likely N-dealkylation sites (tertiary alicyclic amines) is 1. The largest absolute Gasteiger partial charge is 0.451 e. The van der Waals surface area contributed by atoms with Gasteiger partial charge in [-0.25, -0.2) is 4.79 Å². The Balaban J connectivity index is 1.52. The lowest BCUT2D eigenvalue weighted by Gasteiger charge is -2.34. The number of hydrogen-bond acceptors (Lipinski definition) is 4. The normalized spacial score (nSPS) is 15.5. The summed E-state index contributed by atoms with van der Waals surface area (Å²) in [6, 6.07) is 8.05. The molecule has 1 saturated heterocycles. The van der Waals surface area contributed by atoms with E-state index in [-0.39, 0.29) is 28.7 Å². The van der Waals surface area contributed by atoms with Gasteiger partial charge in [0.25, 0.3) is 5.91 Å². The maximum Gasteiger partial charge on any atom is 0.317 e. The molecule has 0 saturated carbocycles. The lowest BCUT2D eigenvalue weighted by atomic mass is 9.97. The minimum absolute atomic E-state index is 0.0192. The molecule has 1 aromatic heterocycles. The van der Waals surface area contributed by atoms with E-state index >= 15 is 0 Å². The summed E-state index contributed by atoms with van der Waals surface area (Å²) in [5.41, 5.74) is -0.0884. The van der Waals surface area contributed by atoms with Crippen molar-refractivity contribution >= 4 is 22.9 Å². The highest BCUT2D eigenvalue weighted by molar-refractivity contribution is 5.93. The quantitative estimate of drug-likeness (QED) is 0.850. The third kappa shape index (κ3) is 4.91. The molecule has 1 aromatic carbocycles. The van der Waals surface area contributed by atoms with Crippen LogP contribution in [-0.4, -0.2) is 42.0 Å². The predicted molar refractivity (Wildman–Crippen MR) is 107 cm³/mol. The number of nitrogens with zero attached hydrogens (tertiary/aromatic N) is 1. The molecule has 0 radical (unpaired) electrons. The topological polar surface area (TPSA) is 91.7 Å². The van der Waals surface area contributed by atoms with Crippen molar-refractivity contribution in [3.63, 3.8) is 0 Å². The van der Waals surface area contributed by atoms with E-state index in [0.717, 1.165) is 12.8 Å². The number of benzene rings is 1. The average Bonchev–Trinajstić information content (AvgIpc) is 2.65. The van der Waals surface area contributed by atoms with E-state index in [1.54, 1.807) is 24.3 Å². The van der Waals surface area contributed by atoms with Crippen LogP contribution in [0.2, 0.25) is 0 Å². The summed E-state index contributed by atoms with van der Waals surface area (Å²) in [6.45, 7) is 7.68. The molecule has 7 nitrogen and oxygen atoms in total. The van der Waals surface area contributed by atoms with E-state index in [1.165, 1.54) is 6.07 Å². The van der Waals surface area contributed by atoms with Crippen LogP contribution in [0.4, 0.5) is 4.79 Å². The highest BCUT2D eigenvalue weighted by Crippen LogP contribution is 2.17. The highest BCUT2D eigenvalue weighted by atomic mass is 16.3. The number of urea groups is 1. The first-order valence-electron chi connectivity index (χ1n) is 9.61. The average molecular weight is 385 g/mol. The maximum absolute atomic E-state index is 12.4. The SMILES string of the molecule is CC(C)(C)NC(=O)N1CCC(CNC(=O)c2cc(=O)c3ccccc3o2)CC1. The second kappa shape index (κ2) is 8.04. The summed E-state index contributed by atoms with van der Waals surface area (Å²) in [5.74, 6) is -0.0868. The fourth-order valence-corrected chi connectivity index (χ4v) is 3.28. The molecular formula is C21H27N3O4. The first kappa shape index (κ1) is 19.9. The molecule has 1 aliphatic heterocycles. The van der Waals surface area contributed by atoms with Gasteiger partial charge in [-0.05, 0) is 51.7 Å². The first-order chi connectivity index (χ1) is 13.2. The van der Waals surface area contributed by atoms with Crippen LogP contribution in [0.5, 0.6) is 0 Å². The molecule has 2 N–H and O–H groups in total. The Morgan fingerprint density at radius 1 is 1.18 bits per heavy atom. The number of rotatable bonds is 3. The van der Waals surface area contributed by atoms with Crippen molar-refractivity contribution in [3.8, 4) is 0 Å². The monoisotopic (exact) mass is 385 g/mol. The van der Waals surface area contributed by atoms with Gasteiger partial charge in [0.1, 0.15) is 5.58 Å². The standard InChI is InChI=1S/C21H27N3O4/c1-21(2,3)23-20(27)24-10-8-14(9-11-24)13-22-19(26)18-12-16(25)15-6-4-5-7-17(15)28-18/h4-7,12,14H,8-11,13H2,1-3H3,(H,22,26)(H,23,27). The van der Waals surface area contributed by atoms with Crippen molar-refractivity contribution in [1.82, 2.24) is 15.5 Å². The summed E-state index contributed by atoms with van der Waals surface area (Å²) in [4.78, 5) is 38.5. The van der Waals surface area contributed by atoms with Crippen molar-refractivity contribution in [2.24, 2.45) is 5.92 Å². The molecule has 0 bridgehead atoms. The van der Waals surface area contributed by atoms with Gasteiger partial charge in [0, 0.05) is 31.2 Å². The molecule has 3 rings (SSSR count). The summed E-state index contributed by atoms with van der Waals surface area (Å²) >= 11 is 0. The highest BCUT2D eigenvalue weighted by Gasteiger charge is 2.25. The Morgan fingerprint density at radius 3 is 2.54 bits per heavy atom. The molecule has 2 heterocycles. The number of hydrogen-bond donors (Lipinski definition) is 2. The Labute approximate surface area is 164 Å². The van der Waals surface area contributed by atoms with Gasteiger partial charge in [0.2, 0.25) is 0 Å². The molecule has 1 aliphatic rings. The number of piperidine rings is 1. The second-order valence-electron chi connectivity index (χ2n) is 8.29. The molecule has 150 valence electrons. The number of carbonyl (C=O) groups excluding carboxylic acids is 2. The van der Waals surface area contributed by atoms with E-state index in [9.17, 15) is 14.4 Å². The fourth-order valence-electron chi connectivity index (χ4n) is 3.28. The van der Waals surface area contributed by atoms with Gasteiger partial charge in [-0.3, -0.25) is 9.59 Å². The van der Waals surface area contributed by atoms with Crippen LogP contribution in [0.25, 0.3) is 11.0 Å². The Morgan fingerprint density at radius 2 is 1.86 bits per heavy atom. The summed E-state index contributed by atoms with van der Waals surface area (Å²) in [5, 5.41) is 6.28. The van der Waals surface area contributed by atoms with Gasteiger partial charge in [0.15, 0.2) is 11.2 Å². The predicted octanol–water partition coefficient (Wildman–Crippen LogP) is 2.74. The van der Waals surface area contributed by atoms with Crippen LogP contribution in [0.3, 0.4) is 0 Å². The third-order valence-electron chi connectivity index (χ3n) is 4.79. The Bertz CT molecular complexity index is 921. The number of fused-ring (bicyclic) bond motifs is 1. The molecule has 0 unspecified atom stereocenters. The van der Waals surface area contributed by atoms with Crippen molar-refractivity contribution in [1.29, 1.82) is 0 Å². The van der Waals surface area contributed by atoms with Gasteiger partial charge in [0.05, 0.1) is 5.39 Å². The van der Waals surface area contributed by atoms with E-state index in [4.69, 9.17) is 4.42 Å². The molecule has 3 amide bonds. The van der Waals surface area contributed by atoms with Crippen molar-refractivity contribution in [3.05, 3.63) is 46.3 Å². The van der Waals surface area contributed by atoms with Crippen molar-refractivity contribution in [2.75, 3.05) is 19.6 Å². The fraction of sp³-hybridized carbons (Fsp3) is 0.476. The molecule has 1 fully saturated rings. The zero-order valence-electron chi connectivity index (χ0n) is 16.6. The number of carbonyl (C=O) groups is 2. The second-order valence-corrected chi connectivity index (χ2v) is 8.29. The maximum atomic E-state index is 12.4. The minimum Gasteiger partial charge on any atom is -0.451 e. The van der Waals surface area contributed by atoms with Crippen molar-refractivity contribution in [2.45, 2.75) is 39.2 Å². The Hall–Kier alpha value is -2.83. The van der Waals surface area contributed by atoms with Crippen LogP contribution < -0.4 is 16.1 Å². The Kier molecular flexibility index (Phi) is 5.72. The van der Waals surface area contributed by atoms with Crippen LogP contribution in [0, 0.1) is 5.92 Å². The molecule has 7 heteroatoms. The minimum atomic E-state index is -0.393. The van der Waals surface area contributed by atoms with Crippen LogP contribution in [0.1, 0.15) is 44.2 Å². The van der Waals surface area contributed by atoms with Gasteiger partial charge in [-0.15, -0.1) is 0 Å². The van der Waals surface area contributed by atoms with Crippen LogP contribution in [0.15, 0.2) is 39.5 Å². The lowest BCUT2D eigenvalue weighted by Crippen LogP contribution is -2.51. The van der Waals surface area contributed by atoms with Gasteiger partial charge >= 0.3 is 6.03 Å². The van der Waals surface area contributed by atoms with Gasteiger partial charge < -0.3 is 20.0 Å². The van der Waals surface area contributed by atoms with Crippen LogP contribution >= 0.6 is 0 Å². The molecule has 0 aliphatic carbocycles. The lowest BCUT2D eigenvalue weighted by molar-refractivity contribution is 0.0910.